The summed E-state index contributed by atoms with van der Waals surface area (Å²) in [7, 11) is 0. The van der Waals surface area contributed by atoms with Crippen LogP contribution in [0.1, 0.15) is 50.3 Å². The summed E-state index contributed by atoms with van der Waals surface area (Å²) in [5.74, 6) is -0.0928. The first-order chi connectivity index (χ1) is 9.61. The third kappa shape index (κ3) is 3.80. The quantitative estimate of drug-likeness (QED) is 0.854. The van der Waals surface area contributed by atoms with E-state index in [1.807, 2.05) is 13.0 Å². The Labute approximate surface area is 122 Å². The summed E-state index contributed by atoms with van der Waals surface area (Å²) in [4.78, 5) is 2.48. The van der Waals surface area contributed by atoms with E-state index in [9.17, 15) is 4.39 Å². The number of hydrogen-bond donors (Lipinski definition) is 1. The number of rotatable bonds is 6. The second-order valence-corrected chi connectivity index (χ2v) is 5.97. The third-order valence-corrected chi connectivity index (χ3v) is 4.35. The molecule has 2 unspecified atom stereocenters. The van der Waals surface area contributed by atoms with Crippen LogP contribution in [0.15, 0.2) is 18.2 Å². The van der Waals surface area contributed by atoms with Crippen molar-refractivity contribution in [2.45, 2.75) is 52.1 Å². The molecule has 20 heavy (non-hydrogen) atoms. The molecule has 0 aromatic heterocycles. The van der Waals surface area contributed by atoms with E-state index in [4.69, 9.17) is 0 Å². The van der Waals surface area contributed by atoms with Gasteiger partial charge in [0.25, 0.3) is 0 Å². The van der Waals surface area contributed by atoms with Crippen molar-refractivity contribution in [1.29, 1.82) is 0 Å². The molecular formula is C17H27FN2. The van der Waals surface area contributed by atoms with Crippen LogP contribution in [0.3, 0.4) is 0 Å². The van der Waals surface area contributed by atoms with Crippen LogP contribution in [0.5, 0.6) is 0 Å². The molecule has 0 amide bonds. The van der Waals surface area contributed by atoms with Crippen LogP contribution in [-0.2, 0) is 0 Å². The minimum atomic E-state index is -0.0928. The summed E-state index contributed by atoms with van der Waals surface area (Å²) >= 11 is 0. The van der Waals surface area contributed by atoms with E-state index in [0.717, 1.165) is 37.2 Å². The highest BCUT2D eigenvalue weighted by Crippen LogP contribution is 2.23. The monoisotopic (exact) mass is 278 g/mol. The Morgan fingerprint density at radius 1 is 1.45 bits per heavy atom. The van der Waals surface area contributed by atoms with Gasteiger partial charge in [-0.2, -0.15) is 0 Å². The van der Waals surface area contributed by atoms with Crippen LogP contribution in [0, 0.1) is 12.7 Å². The van der Waals surface area contributed by atoms with Crippen molar-refractivity contribution >= 4 is 0 Å². The highest BCUT2D eigenvalue weighted by atomic mass is 19.1. The molecule has 1 aromatic carbocycles. The second-order valence-electron chi connectivity index (χ2n) is 5.97. The van der Waals surface area contributed by atoms with Gasteiger partial charge in [0.15, 0.2) is 0 Å². The fourth-order valence-electron chi connectivity index (χ4n) is 3.01. The molecule has 3 heteroatoms. The summed E-state index contributed by atoms with van der Waals surface area (Å²) in [5.41, 5.74) is 1.81. The van der Waals surface area contributed by atoms with Gasteiger partial charge in [-0.1, -0.05) is 19.1 Å². The topological polar surface area (TPSA) is 15.3 Å². The van der Waals surface area contributed by atoms with Gasteiger partial charge in [0, 0.05) is 18.6 Å². The van der Waals surface area contributed by atoms with Gasteiger partial charge in [-0.25, -0.2) is 4.39 Å². The van der Waals surface area contributed by atoms with Crippen molar-refractivity contribution in [3.05, 3.63) is 35.1 Å². The zero-order valence-corrected chi connectivity index (χ0v) is 13.0. The third-order valence-electron chi connectivity index (χ3n) is 4.35. The van der Waals surface area contributed by atoms with Crippen molar-refractivity contribution in [3.63, 3.8) is 0 Å². The van der Waals surface area contributed by atoms with E-state index in [1.165, 1.54) is 12.8 Å². The molecule has 0 saturated carbocycles. The molecular weight excluding hydrogens is 251 g/mol. The van der Waals surface area contributed by atoms with Gasteiger partial charge in [-0.05, 0) is 63.4 Å². The fraction of sp³-hybridized carbons (Fsp3) is 0.647. The normalized spacial score (nSPS) is 20.6. The summed E-state index contributed by atoms with van der Waals surface area (Å²) in [6, 6.07) is 6.52. The Morgan fingerprint density at radius 2 is 2.25 bits per heavy atom. The minimum absolute atomic E-state index is 0.0928. The van der Waals surface area contributed by atoms with Gasteiger partial charge in [0.1, 0.15) is 5.82 Å². The van der Waals surface area contributed by atoms with Crippen LogP contribution in [-0.4, -0.2) is 30.6 Å². The molecule has 1 fully saturated rings. The molecule has 0 aliphatic carbocycles. The van der Waals surface area contributed by atoms with Crippen LogP contribution < -0.4 is 5.32 Å². The van der Waals surface area contributed by atoms with E-state index >= 15 is 0 Å². The van der Waals surface area contributed by atoms with Gasteiger partial charge in [-0.15, -0.1) is 0 Å². The number of halogens is 1. The maximum atomic E-state index is 13.8. The standard InChI is InChI=1S/C17H27FN2/c1-4-10-20(12-16-6-5-9-19-16)14(3)15-8-7-13(2)17(18)11-15/h7-8,11,14,16,19H,4-6,9-10,12H2,1-3H3. The molecule has 2 atom stereocenters. The first kappa shape index (κ1) is 15.5. The molecule has 1 saturated heterocycles. The van der Waals surface area contributed by atoms with E-state index in [1.54, 1.807) is 6.07 Å². The van der Waals surface area contributed by atoms with E-state index in [2.05, 4.69) is 30.1 Å². The Kier molecular flexibility index (Phi) is 5.55. The van der Waals surface area contributed by atoms with Crippen molar-refractivity contribution < 1.29 is 4.39 Å². The molecule has 112 valence electrons. The van der Waals surface area contributed by atoms with E-state index in [0.29, 0.717) is 6.04 Å². The lowest BCUT2D eigenvalue weighted by Gasteiger charge is -2.31. The summed E-state index contributed by atoms with van der Waals surface area (Å²) in [5, 5.41) is 3.56. The van der Waals surface area contributed by atoms with E-state index < -0.39 is 0 Å². The Balaban J connectivity index is 2.07. The lowest BCUT2D eigenvalue weighted by Crippen LogP contribution is -2.39. The maximum Gasteiger partial charge on any atom is 0.126 e. The average Bonchev–Trinajstić information content (AvgIpc) is 2.93. The first-order valence-corrected chi connectivity index (χ1v) is 7.85. The largest absolute Gasteiger partial charge is 0.313 e. The van der Waals surface area contributed by atoms with Gasteiger partial charge in [0.05, 0.1) is 0 Å². The highest BCUT2D eigenvalue weighted by molar-refractivity contribution is 5.25. The van der Waals surface area contributed by atoms with Crippen LogP contribution in [0.4, 0.5) is 4.39 Å². The van der Waals surface area contributed by atoms with Crippen LogP contribution in [0.2, 0.25) is 0 Å². The van der Waals surface area contributed by atoms with Crippen molar-refractivity contribution in [2.75, 3.05) is 19.6 Å². The Morgan fingerprint density at radius 3 is 2.85 bits per heavy atom. The molecule has 0 radical (unpaired) electrons. The number of nitrogens with one attached hydrogen (secondary N) is 1. The number of hydrogen-bond acceptors (Lipinski definition) is 2. The van der Waals surface area contributed by atoms with Crippen molar-refractivity contribution in [3.8, 4) is 0 Å². The van der Waals surface area contributed by atoms with E-state index in [-0.39, 0.29) is 11.9 Å². The molecule has 0 bridgehead atoms. The predicted octanol–water partition coefficient (Wildman–Crippen LogP) is 3.66. The molecule has 2 rings (SSSR count). The highest BCUT2D eigenvalue weighted by Gasteiger charge is 2.22. The molecule has 0 spiro atoms. The van der Waals surface area contributed by atoms with Crippen LogP contribution in [0.25, 0.3) is 0 Å². The maximum absolute atomic E-state index is 13.8. The van der Waals surface area contributed by atoms with Crippen molar-refractivity contribution in [2.24, 2.45) is 0 Å². The average molecular weight is 278 g/mol. The lowest BCUT2D eigenvalue weighted by molar-refractivity contribution is 0.192. The Bertz CT molecular complexity index is 427. The SMILES string of the molecule is CCCN(CC1CCCN1)C(C)c1ccc(C)c(F)c1. The molecule has 1 aliphatic heterocycles. The number of benzene rings is 1. The van der Waals surface area contributed by atoms with Gasteiger partial charge < -0.3 is 5.32 Å². The Hall–Kier alpha value is -0.930. The smallest absolute Gasteiger partial charge is 0.126 e. The molecule has 1 N–H and O–H groups in total. The number of nitrogens with zero attached hydrogens (tertiary/aromatic N) is 1. The summed E-state index contributed by atoms with van der Waals surface area (Å²) < 4.78 is 13.8. The number of aryl methyl sites for hydroxylation is 1. The fourth-order valence-corrected chi connectivity index (χ4v) is 3.01. The summed E-state index contributed by atoms with van der Waals surface area (Å²) in [6.45, 7) is 9.47. The van der Waals surface area contributed by atoms with Crippen LogP contribution >= 0.6 is 0 Å². The summed E-state index contributed by atoms with van der Waals surface area (Å²) in [6.07, 6.45) is 3.67. The molecule has 1 aliphatic rings. The van der Waals surface area contributed by atoms with Gasteiger partial charge in [-0.3, -0.25) is 4.90 Å². The molecule has 1 aromatic rings. The minimum Gasteiger partial charge on any atom is -0.313 e. The van der Waals surface area contributed by atoms with Gasteiger partial charge in [0.2, 0.25) is 0 Å². The molecule has 2 nitrogen and oxygen atoms in total. The zero-order valence-electron chi connectivity index (χ0n) is 13.0. The second kappa shape index (κ2) is 7.19. The zero-order chi connectivity index (χ0) is 14.5. The lowest BCUT2D eigenvalue weighted by atomic mass is 10.0. The first-order valence-electron chi connectivity index (χ1n) is 7.85. The van der Waals surface area contributed by atoms with Crippen molar-refractivity contribution in [1.82, 2.24) is 10.2 Å². The van der Waals surface area contributed by atoms with Gasteiger partial charge >= 0.3 is 0 Å². The molecule has 1 heterocycles. The predicted molar refractivity (Wildman–Crippen MR) is 82.4 cm³/mol.